The van der Waals surface area contributed by atoms with Gasteiger partial charge in [0.05, 0.1) is 5.88 Å². The first-order valence-corrected chi connectivity index (χ1v) is 4.87. The maximum Gasteiger partial charge on any atom is 0.387 e. The Labute approximate surface area is 95.0 Å². The SMILES string of the molecule is O=C(CCl)Cc1ccc(F)c(OC(F)F)c1. The Hall–Kier alpha value is -1.23. The van der Waals surface area contributed by atoms with Crippen LogP contribution in [0.15, 0.2) is 18.2 Å². The molecule has 0 spiro atoms. The smallest absolute Gasteiger partial charge is 0.387 e. The third-order valence-corrected chi connectivity index (χ3v) is 2.06. The fourth-order valence-electron chi connectivity index (χ4n) is 1.12. The van der Waals surface area contributed by atoms with E-state index in [0.717, 1.165) is 12.1 Å². The lowest BCUT2D eigenvalue weighted by atomic mass is 10.1. The molecule has 6 heteroatoms. The Bertz CT molecular complexity index is 382. The van der Waals surface area contributed by atoms with Crippen molar-refractivity contribution < 1.29 is 22.7 Å². The minimum atomic E-state index is -3.10. The molecule has 0 heterocycles. The molecule has 0 amide bonds. The molecular weight excluding hydrogens is 245 g/mol. The van der Waals surface area contributed by atoms with Crippen LogP contribution >= 0.6 is 11.6 Å². The molecule has 0 saturated heterocycles. The fraction of sp³-hybridized carbons (Fsp3) is 0.300. The van der Waals surface area contributed by atoms with Crippen LogP contribution in [0.2, 0.25) is 0 Å². The molecule has 0 N–H and O–H groups in total. The van der Waals surface area contributed by atoms with Crippen molar-refractivity contribution in [2.75, 3.05) is 5.88 Å². The Balaban J connectivity index is 2.84. The molecule has 0 saturated carbocycles. The Kier molecular flexibility index (Phi) is 4.61. The summed E-state index contributed by atoms with van der Waals surface area (Å²) in [7, 11) is 0. The second-order valence-corrected chi connectivity index (χ2v) is 3.26. The summed E-state index contributed by atoms with van der Waals surface area (Å²) in [6.07, 6.45) is -0.0383. The van der Waals surface area contributed by atoms with Gasteiger partial charge in [0.15, 0.2) is 17.3 Å². The predicted octanol–water partition coefficient (Wildman–Crippen LogP) is 2.78. The van der Waals surface area contributed by atoms with Gasteiger partial charge in [0, 0.05) is 6.42 Å². The van der Waals surface area contributed by atoms with E-state index in [4.69, 9.17) is 11.6 Å². The molecule has 2 nitrogen and oxygen atoms in total. The van der Waals surface area contributed by atoms with Gasteiger partial charge in [0.25, 0.3) is 0 Å². The summed E-state index contributed by atoms with van der Waals surface area (Å²) in [5.41, 5.74) is 0.377. The molecule has 0 unspecified atom stereocenters. The first-order valence-electron chi connectivity index (χ1n) is 4.34. The highest BCUT2D eigenvalue weighted by Crippen LogP contribution is 2.21. The molecule has 0 aliphatic rings. The quantitative estimate of drug-likeness (QED) is 0.753. The number of halogens is 4. The average molecular weight is 253 g/mol. The topological polar surface area (TPSA) is 26.3 Å². The highest BCUT2D eigenvalue weighted by molar-refractivity contribution is 6.27. The van der Waals surface area contributed by atoms with Gasteiger partial charge in [0.1, 0.15) is 0 Å². The van der Waals surface area contributed by atoms with Gasteiger partial charge >= 0.3 is 6.61 Å². The lowest BCUT2D eigenvalue weighted by Crippen LogP contribution is -2.07. The van der Waals surface area contributed by atoms with Crippen LogP contribution in [-0.2, 0) is 11.2 Å². The molecule has 1 aromatic carbocycles. The largest absolute Gasteiger partial charge is 0.432 e. The monoisotopic (exact) mass is 252 g/mol. The maximum atomic E-state index is 13.0. The minimum absolute atomic E-state index is 0.0383. The Morgan fingerprint density at radius 3 is 2.69 bits per heavy atom. The first kappa shape index (κ1) is 12.8. The predicted molar refractivity (Wildman–Crippen MR) is 52.5 cm³/mol. The summed E-state index contributed by atoms with van der Waals surface area (Å²) < 4.78 is 40.7. The number of carbonyl (C=O) groups excluding carboxylic acids is 1. The van der Waals surface area contributed by atoms with Crippen LogP contribution in [0.1, 0.15) is 5.56 Å². The number of rotatable bonds is 5. The van der Waals surface area contributed by atoms with Crippen molar-refractivity contribution in [1.29, 1.82) is 0 Å². The van der Waals surface area contributed by atoms with E-state index >= 15 is 0 Å². The van der Waals surface area contributed by atoms with E-state index in [9.17, 15) is 18.0 Å². The molecule has 0 atom stereocenters. The summed E-state index contributed by atoms with van der Waals surface area (Å²) >= 11 is 5.28. The number of Topliss-reactive ketones (excluding diaryl/α,β-unsaturated/α-hetero) is 1. The number of ether oxygens (including phenoxy) is 1. The fourth-order valence-corrected chi connectivity index (χ4v) is 1.21. The molecule has 0 aromatic heterocycles. The Morgan fingerprint density at radius 1 is 1.44 bits per heavy atom. The molecule has 16 heavy (non-hydrogen) atoms. The summed E-state index contributed by atoms with van der Waals surface area (Å²) in [6.45, 7) is -3.10. The highest BCUT2D eigenvalue weighted by atomic mass is 35.5. The zero-order valence-corrected chi connectivity index (χ0v) is 8.81. The van der Waals surface area contributed by atoms with Gasteiger partial charge in [-0.3, -0.25) is 4.79 Å². The van der Waals surface area contributed by atoms with Gasteiger partial charge in [-0.1, -0.05) is 6.07 Å². The van der Waals surface area contributed by atoms with Crippen LogP contribution in [0.5, 0.6) is 5.75 Å². The minimum Gasteiger partial charge on any atom is -0.432 e. The zero-order chi connectivity index (χ0) is 12.1. The summed E-state index contributed by atoms with van der Waals surface area (Å²) in [6, 6.07) is 3.35. The summed E-state index contributed by atoms with van der Waals surface area (Å²) in [5, 5.41) is 0. The Morgan fingerprint density at radius 2 is 2.12 bits per heavy atom. The number of hydrogen-bond donors (Lipinski definition) is 0. The van der Waals surface area contributed by atoms with Crippen LogP contribution in [0.25, 0.3) is 0 Å². The second kappa shape index (κ2) is 5.75. The van der Waals surface area contributed by atoms with Crippen molar-refractivity contribution in [3.05, 3.63) is 29.6 Å². The first-order chi connectivity index (χ1) is 7.52. The zero-order valence-electron chi connectivity index (χ0n) is 8.05. The van der Waals surface area contributed by atoms with E-state index in [0.29, 0.717) is 5.56 Å². The van der Waals surface area contributed by atoms with Gasteiger partial charge in [-0.25, -0.2) is 4.39 Å². The molecule has 88 valence electrons. The number of hydrogen-bond acceptors (Lipinski definition) is 2. The van der Waals surface area contributed by atoms with Crippen molar-refractivity contribution in [3.8, 4) is 5.75 Å². The van der Waals surface area contributed by atoms with E-state index in [1.165, 1.54) is 6.07 Å². The molecular formula is C10H8ClF3O2. The van der Waals surface area contributed by atoms with E-state index in [-0.39, 0.29) is 18.1 Å². The molecule has 0 radical (unpaired) electrons. The van der Waals surface area contributed by atoms with Gasteiger partial charge < -0.3 is 4.74 Å². The van der Waals surface area contributed by atoms with Crippen LogP contribution in [-0.4, -0.2) is 18.3 Å². The van der Waals surface area contributed by atoms with Crippen LogP contribution in [0, 0.1) is 5.82 Å². The van der Waals surface area contributed by atoms with Crippen LogP contribution in [0.3, 0.4) is 0 Å². The number of benzene rings is 1. The molecule has 0 aliphatic heterocycles. The van der Waals surface area contributed by atoms with Gasteiger partial charge in [0.2, 0.25) is 0 Å². The normalized spacial score (nSPS) is 10.6. The number of ketones is 1. The van der Waals surface area contributed by atoms with Crippen molar-refractivity contribution in [1.82, 2.24) is 0 Å². The maximum absolute atomic E-state index is 13.0. The standard InChI is InChI=1S/C10H8ClF3O2/c11-5-7(15)3-6-1-2-8(12)9(4-6)16-10(13)14/h1-2,4,10H,3,5H2. The van der Waals surface area contributed by atoms with E-state index in [2.05, 4.69) is 4.74 Å². The molecule has 1 rings (SSSR count). The number of alkyl halides is 3. The molecule has 0 aliphatic carbocycles. The number of carbonyl (C=O) groups is 1. The second-order valence-electron chi connectivity index (χ2n) is 2.99. The lowest BCUT2D eigenvalue weighted by Gasteiger charge is -2.07. The molecule has 1 aromatic rings. The van der Waals surface area contributed by atoms with Gasteiger partial charge in [-0.15, -0.1) is 11.6 Å². The van der Waals surface area contributed by atoms with Crippen molar-refractivity contribution >= 4 is 17.4 Å². The van der Waals surface area contributed by atoms with E-state index < -0.39 is 18.2 Å². The summed E-state index contributed by atoms with van der Waals surface area (Å²) in [5.74, 6) is -1.93. The molecule has 0 bridgehead atoms. The van der Waals surface area contributed by atoms with Crippen LogP contribution in [0.4, 0.5) is 13.2 Å². The van der Waals surface area contributed by atoms with Crippen LogP contribution < -0.4 is 4.74 Å². The lowest BCUT2D eigenvalue weighted by molar-refractivity contribution is -0.116. The van der Waals surface area contributed by atoms with Gasteiger partial charge in [-0.2, -0.15) is 8.78 Å². The summed E-state index contributed by atoms with van der Waals surface area (Å²) in [4.78, 5) is 11.0. The van der Waals surface area contributed by atoms with Gasteiger partial charge in [-0.05, 0) is 17.7 Å². The third-order valence-electron chi connectivity index (χ3n) is 1.76. The van der Waals surface area contributed by atoms with Crippen molar-refractivity contribution in [2.24, 2.45) is 0 Å². The highest BCUT2D eigenvalue weighted by Gasteiger charge is 2.11. The van der Waals surface area contributed by atoms with Crippen molar-refractivity contribution in [2.45, 2.75) is 13.0 Å². The third kappa shape index (κ3) is 3.73. The van der Waals surface area contributed by atoms with E-state index in [1.54, 1.807) is 0 Å². The van der Waals surface area contributed by atoms with Crippen molar-refractivity contribution in [3.63, 3.8) is 0 Å². The van der Waals surface area contributed by atoms with E-state index in [1.807, 2.05) is 0 Å². The average Bonchev–Trinajstić information content (AvgIpc) is 2.22. The molecule has 0 fully saturated rings.